The second kappa shape index (κ2) is 13.4. The summed E-state index contributed by atoms with van der Waals surface area (Å²) in [5.74, 6) is 0.0605. The number of carbonyl (C=O) groups excluding carboxylic acids is 2. The quantitative estimate of drug-likeness (QED) is 0.188. The average Bonchev–Trinajstić information content (AvgIpc) is 3.30. The molecular weight excluding hydrogens is 538 g/mol. The third-order valence-corrected chi connectivity index (χ3v) is 8.51. The maximum Gasteiger partial charge on any atom is 0.252 e. The molecule has 1 aliphatic rings. The second-order valence-corrected chi connectivity index (χ2v) is 11.3. The molecule has 7 nitrogen and oxygen atoms in total. The van der Waals surface area contributed by atoms with Crippen LogP contribution in [0.1, 0.15) is 84.4 Å². The normalized spacial score (nSPS) is 14.8. The van der Waals surface area contributed by atoms with Crippen LogP contribution in [-0.4, -0.2) is 38.5 Å². The highest BCUT2D eigenvalue weighted by Crippen LogP contribution is 2.33. The van der Waals surface area contributed by atoms with E-state index in [1.54, 1.807) is 12.1 Å². The van der Waals surface area contributed by atoms with Gasteiger partial charge in [-0.1, -0.05) is 68.7 Å². The van der Waals surface area contributed by atoms with Gasteiger partial charge in [0.15, 0.2) is 5.78 Å². The van der Waals surface area contributed by atoms with Crippen molar-refractivity contribution < 1.29 is 19.4 Å². The standard InChI is InChI=1S/C36H41N3O4/c1-4-26-11-14-28(15-12-26)34(41)33-25(3)39(32-18-17-30(40)22-31(32)33)21-9-10-27-13-16-29(38-23-27)24-43-36(35(42)37-5-2)19-7-6-8-20-36/h9-18,22-23,40H,4-8,19-21,24H2,1-3H3,(H,37,42)/b10-9+. The molecule has 4 aromatic rings. The molecule has 0 bridgehead atoms. The number of likely N-dealkylation sites (N-methyl/N-ethyl adjacent to an activating group) is 1. The first-order valence-electron chi connectivity index (χ1n) is 15.3. The molecule has 2 aromatic heterocycles. The smallest absolute Gasteiger partial charge is 0.252 e. The Balaban J connectivity index is 1.30. The number of phenolic OH excluding ortho intramolecular Hbond substituents is 1. The highest BCUT2D eigenvalue weighted by Gasteiger charge is 2.40. The maximum absolute atomic E-state index is 13.6. The van der Waals surface area contributed by atoms with Crippen molar-refractivity contribution in [2.45, 2.75) is 78.0 Å². The highest BCUT2D eigenvalue weighted by molar-refractivity contribution is 6.17. The van der Waals surface area contributed by atoms with Crippen molar-refractivity contribution in [3.05, 3.63) is 101 Å². The first-order valence-corrected chi connectivity index (χ1v) is 15.3. The highest BCUT2D eigenvalue weighted by atomic mass is 16.5. The summed E-state index contributed by atoms with van der Waals surface area (Å²) < 4.78 is 8.33. The fourth-order valence-corrected chi connectivity index (χ4v) is 6.04. The van der Waals surface area contributed by atoms with Crippen LogP contribution in [0.4, 0.5) is 0 Å². The van der Waals surface area contributed by atoms with E-state index in [4.69, 9.17) is 4.74 Å². The van der Waals surface area contributed by atoms with E-state index in [1.807, 2.05) is 74.7 Å². The first kappa shape index (κ1) is 30.2. The van der Waals surface area contributed by atoms with E-state index in [0.717, 1.165) is 66.4 Å². The van der Waals surface area contributed by atoms with Crippen molar-refractivity contribution in [3.8, 4) is 5.75 Å². The summed E-state index contributed by atoms with van der Waals surface area (Å²) in [6.45, 7) is 7.41. The number of aromatic hydroxyl groups is 1. The largest absolute Gasteiger partial charge is 0.508 e. The fourth-order valence-electron chi connectivity index (χ4n) is 6.04. The summed E-state index contributed by atoms with van der Waals surface area (Å²) >= 11 is 0. The van der Waals surface area contributed by atoms with Gasteiger partial charge >= 0.3 is 0 Å². The molecule has 0 unspecified atom stereocenters. The van der Waals surface area contributed by atoms with E-state index in [0.29, 0.717) is 30.8 Å². The maximum atomic E-state index is 13.6. The number of hydrogen-bond acceptors (Lipinski definition) is 5. The van der Waals surface area contributed by atoms with E-state index >= 15 is 0 Å². The molecule has 5 rings (SSSR count). The van der Waals surface area contributed by atoms with E-state index in [1.165, 1.54) is 5.56 Å². The number of phenols is 1. The summed E-state index contributed by atoms with van der Waals surface area (Å²) in [6.07, 6.45) is 11.4. The lowest BCUT2D eigenvalue weighted by molar-refractivity contribution is -0.154. The van der Waals surface area contributed by atoms with Gasteiger partial charge in [-0.05, 0) is 68.5 Å². The Morgan fingerprint density at radius 1 is 1.05 bits per heavy atom. The lowest BCUT2D eigenvalue weighted by Crippen LogP contribution is -2.50. The number of nitrogens with one attached hydrogen (secondary N) is 1. The first-order chi connectivity index (χ1) is 20.8. The third kappa shape index (κ3) is 6.57. The van der Waals surface area contributed by atoms with E-state index in [-0.39, 0.29) is 17.4 Å². The number of aromatic nitrogens is 2. The number of amides is 1. The van der Waals surface area contributed by atoms with Crippen LogP contribution < -0.4 is 5.32 Å². The van der Waals surface area contributed by atoms with Crippen molar-refractivity contribution in [3.63, 3.8) is 0 Å². The number of ketones is 1. The van der Waals surface area contributed by atoms with Gasteiger partial charge in [0.25, 0.3) is 5.91 Å². The minimum absolute atomic E-state index is 0.0171. The summed E-state index contributed by atoms with van der Waals surface area (Å²) in [5, 5.41) is 13.9. The molecule has 2 aromatic carbocycles. The Labute approximate surface area is 253 Å². The average molecular weight is 580 g/mol. The number of nitrogens with zero attached hydrogens (tertiary/aromatic N) is 2. The number of aryl methyl sites for hydroxylation is 1. The van der Waals surface area contributed by atoms with Crippen molar-refractivity contribution in [1.29, 1.82) is 0 Å². The number of allylic oxidation sites excluding steroid dienone is 1. The van der Waals surface area contributed by atoms with Crippen molar-refractivity contribution in [2.24, 2.45) is 0 Å². The molecule has 1 fully saturated rings. The minimum atomic E-state index is -0.762. The predicted molar refractivity (Wildman–Crippen MR) is 170 cm³/mol. The zero-order chi connectivity index (χ0) is 30.4. The molecule has 0 aliphatic heterocycles. The zero-order valence-electron chi connectivity index (χ0n) is 25.4. The summed E-state index contributed by atoms with van der Waals surface area (Å²) in [5.41, 5.74) is 5.13. The molecule has 224 valence electrons. The molecule has 0 radical (unpaired) electrons. The molecular formula is C36H41N3O4. The lowest BCUT2D eigenvalue weighted by atomic mass is 9.83. The van der Waals surface area contributed by atoms with Crippen molar-refractivity contribution in [1.82, 2.24) is 14.9 Å². The predicted octanol–water partition coefficient (Wildman–Crippen LogP) is 6.91. The SMILES string of the molecule is CCNC(=O)C1(OCc2ccc(/C=C/Cn3c(C)c(C(=O)c4ccc(CC)cc4)c4cc(O)ccc43)cn2)CCCCC1. The van der Waals surface area contributed by atoms with E-state index in [2.05, 4.69) is 21.8 Å². The van der Waals surface area contributed by atoms with Crippen LogP contribution in [0.5, 0.6) is 5.75 Å². The molecule has 43 heavy (non-hydrogen) atoms. The Bertz CT molecular complexity index is 1610. The van der Waals surface area contributed by atoms with Gasteiger partial charge in [-0.2, -0.15) is 0 Å². The topological polar surface area (TPSA) is 93.5 Å². The third-order valence-electron chi connectivity index (χ3n) is 8.51. The monoisotopic (exact) mass is 579 g/mol. The van der Waals surface area contributed by atoms with Gasteiger partial charge in [-0.15, -0.1) is 0 Å². The van der Waals surface area contributed by atoms with Crippen molar-refractivity contribution >= 4 is 28.7 Å². The Morgan fingerprint density at radius 2 is 1.81 bits per heavy atom. The van der Waals surface area contributed by atoms with Crippen LogP contribution in [0.25, 0.3) is 17.0 Å². The summed E-state index contributed by atoms with van der Waals surface area (Å²) in [4.78, 5) is 31.0. The summed E-state index contributed by atoms with van der Waals surface area (Å²) in [6, 6.07) is 16.9. The number of hydrogen-bond donors (Lipinski definition) is 2. The van der Waals surface area contributed by atoms with Gasteiger partial charge in [-0.3, -0.25) is 14.6 Å². The van der Waals surface area contributed by atoms with Crippen LogP contribution in [0.2, 0.25) is 0 Å². The second-order valence-electron chi connectivity index (χ2n) is 11.3. The van der Waals surface area contributed by atoms with Crippen LogP contribution in [0.15, 0.2) is 66.9 Å². The number of rotatable bonds is 11. The Morgan fingerprint density at radius 3 is 2.49 bits per heavy atom. The van der Waals surface area contributed by atoms with Gasteiger partial charge in [-0.25, -0.2) is 0 Å². The molecule has 1 saturated carbocycles. The molecule has 2 heterocycles. The van der Waals surface area contributed by atoms with Crippen LogP contribution in [0, 0.1) is 6.92 Å². The lowest BCUT2D eigenvalue weighted by Gasteiger charge is -2.35. The summed E-state index contributed by atoms with van der Waals surface area (Å²) in [7, 11) is 0. The van der Waals surface area contributed by atoms with Gasteiger partial charge in [0.2, 0.25) is 0 Å². The molecule has 1 amide bonds. The van der Waals surface area contributed by atoms with Gasteiger partial charge in [0, 0.05) is 41.4 Å². The molecule has 0 saturated heterocycles. The number of benzene rings is 2. The Hall–Kier alpha value is -4.23. The number of carbonyl (C=O) groups is 2. The molecule has 1 aliphatic carbocycles. The van der Waals surface area contributed by atoms with Gasteiger partial charge in [0.1, 0.15) is 11.4 Å². The van der Waals surface area contributed by atoms with Crippen molar-refractivity contribution in [2.75, 3.05) is 6.54 Å². The molecule has 0 atom stereocenters. The van der Waals surface area contributed by atoms with Crippen LogP contribution in [0.3, 0.4) is 0 Å². The molecule has 0 spiro atoms. The Kier molecular flexibility index (Phi) is 9.41. The van der Waals surface area contributed by atoms with Gasteiger partial charge in [0.05, 0.1) is 17.9 Å². The minimum Gasteiger partial charge on any atom is -0.508 e. The fraction of sp³-hybridized carbons (Fsp3) is 0.361. The van der Waals surface area contributed by atoms with Crippen LogP contribution >= 0.6 is 0 Å². The number of fused-ring (bicyclic) bond motifs is 1. The van der Waals surface area contributed by atoms with Gasteiger partial charge < -0.3 is 19.7 Å². The zero-order valence-corrected chi connectivity index (χ0v) is 25.4. The molecule has 2 N–H and O–H groups in total. The van der Waals surface area contributed by atoms with E-state index < -0.39 is 5.60 Å². The number of pyridine rings is 1. The molecule has 7 heteroatoms. The van der Waals surface area contributed by atoms with E-state index in [9.17, 15) is 14.7 Å². The number of ether oxygens (including phenoxy) is 1. The van der Waals surface area contributed by atoms with Crippen LogP contribution in [-0.2, 0) is 29.1 Å².